The number of para-hydroxylation sites is 1. The molecule has 0 radical (unpaired) electrons. The van der Waals surface area contributed by atoms with Crippen molar-refractivity contribution in [3.63, 3.8) is 0 Å². The minimum atomic E-state index is -0.307. The van der Waals surface area contributed by atoms with Crippen molar-refractivity contribution >= 4 is 33.3 Å². The lowest BCUT2D eigenvalue weighted by Gasteiger charge is -2.11. The molecule has 6 aromatic rings. The third-order valence-corrected chi connectivity index (χ3v) is 7.02. The van der Waals surface area contributed by atoms with Gasteiger partial charge in [-0.2, -0.15) is 0 Å². The molecule has 0 unspecified atom stereocenters. The van der Waals surface area contributed by atoms with Crippen LogP contribution < -0.4 is 5.32 Å². The largest absolute Gasteiger partial charge is 0.320 e. The highest BCUT2D eigenvalue weighted by Crippen LogP contribution is 2.33. The number of benzene rings is 2. The van der Waals surface area contributed by atoms with Crippen molar-refractivity contribution in [1.29, 1.82) is 0 Å². The van der Waals surface area contributed by atoms with Crippen molar-refractivity contribution in [1.82, 2.24) is 24.9 Å². The van der Waals surface area contributed by atoms with E-state index in [-0.39, 0.29) is 5.91 Å². The molecule has 0 fully saturated rings. The molecule has 184 valence electrons. The van der Waals surface area contributed by atoms with Gasteiger partial charge in [-0.15, -0.1) is 0 Å². The van der Waals surface area contributed by atoms with Gasteiger partial charge in [0.25, 0.3) is 5.91 Å². The standard InChI is InChI=1S/C30H22N6OS/c37-28(35-24-12-5-4-11-23(24)29-36-25-13-7-17-32-30(25)38-29)26-18-22(15-14-20-8-6-16-31-19-20)33-27(34-26)21-9-2-1-3-10-21/h1-13,16-19H,14-15H2,(H,35,37). The van der Waals surface area contributed by atoms with Gasteiger partial charge < -0.3 is 5.32 Å². The molecule has 6 rings (SSSR count). The quantitative estimate of drug-likeness (QED) is 0.271. The van der Waals surface area contributed by atoms with E-state index in [0.29, 0.717) is 23.6 Å². The number of aromatic nitrogens is 5. The van der Waals surface area contributed by atoms with Crippen molar-refractivity contribution in [2.75, 3.05) is 5.32 Å². The Morgan fingerprint density at radius 1 is 0.816 bits per heavy atom. The van der Waals surface area contributed by atoms with Gasteiger partial charge in [-0.3, -0.25) is 9.78 Å². The van der Waals surface area contributed by atoms with Crippen molar-refractivity contribution in [3.8, 4) is 22.0 Å². The Hall–Kier alpha value is -4.82. The number of pyridine rings is 2. The molecule has 0 spiro atoms. The number of aryl methyl sites for hydroxylation is 2. The summed E-state index contributed by atoms with van der Waals surface area (Å²) in [6, 6.07) is 26.9. The van der Waals surface area contributed by atoms with Crippen LogP contribution in [0.15, 0.2) is 104 Å². The molecule has 38 heavy (non-hydrogen) atoms. The molecule has 0 saturated heterocycles. The minimum Gasteiger partial charge on any atom is -0.320 e. The van der Waals surface area contributed by atoms with E-state index < -0.39 is 0 Å². The van der Waals surface area contributed by atoms with Crippen LogP contribution in [0.25, 0.3) is 32.3 Å². The van der Waals surface area contributed by atoms with E-state index in [0.717, 1.165) is 44.2 Å². The predicted octanol–water partition coefficient (Wildman–Crippen LogP) is 6.25. The Kier molecular flexibility index (Phi) is 6.61. The molecule has 2 aromatic carbocycles. The monoisotopic (exact) mass is 514 g/mol. The molecule has 8 heteroatoms. The van der Waals surface area contributed by atoms with E-state index in [4.69, 9.17) is 9.97 Å². The molecular weight excluding hydrogens is 492 g/mol. The van der Waals surface area contributed by atoms with Gasteiger partial charge in [-0.05, 0) is 54.8 Å². The summed E-state index contributed by atoms with van der Waals surface area (Å²) in [5.41, 5.74) is 5.38. The summed E-state index contributed by atoms with van der Waals surface area (Å²) in [7, 11) is 0. The Bertz CT molecular complexity index is 1690. The minimum absolute atomic E-state index is 0.306. The predicted molar refractivity (Wildman–Crippen MR) is 150 cm³/mol. The molecule has 0 aliphatic rings. The van der Waals surface area contributed by atoms with E-state index in [9.17, 15) is 4.79 Å². The fraction of sp³-hybridized carbons (Fsp3) is 0.0667. The van der Waals surface area contributed by atoms with Crippen LogP contribution in [-0.2, 0) is 12.8 Å². The second-order valence-electron chi connectivity index (χ2n) is 8.64. The third kappa shape index (κ3) is 5.16. The SMILES string of the molecule is O=C(Nc1ccccc1-c1nc2cccnc2s1)c1cc(CCc2cccnc2)nc(-c2ccccc2)n1. The molecule has 0 saturated carbocycles. The fourth-order valence-corrected chi connectivity index (χ4v) is 5.07. The van der Waals surface area contributed by atoms with E-state index in [1.54, 1.807) is 18.5 Å². The van der Waals surface area contributed by atoms with Gasteiger partial charge in [-0.25, -0.2) is 19.9 Å². The van der Waals surface area contributed by atoms with Crippen LogP contribution >= 0.6 is 11.3 Å². The average molecular weight is 515 g/mol. The van der Waals surface area contributed by atoms with Gasteiger partial charge in [0.05, 0.1) is 5.69 Å². The van der Waals surface area contributed by atoms with Gasteiger partial charge in [0, 0.05) is 35.4 Å². The van der Waals surface area contributed by atoms with Crippen molar-refractivity contribution in [2.24, 2.45) is 0 Å². The van der Waals surface area contributed by atoms with Crippen LogP contribution in [0.1, 0.15) is 21.7 Å². The number of carbonyl (C=O) groups is 1. The lowest BCUT2D eigenvalue weighted by atomic mass is 10.1. The maximum absolute atomic E-state index is 13.5. The molecule has 0 atom stereocenters. The number of hydrogen-bond donors (Lipinski definition) is 1. The average Bonchev–Trinajstić information content (AvgIpc) is 3.41. The fourth-order valence-electron chi connectivity index (χ4n) is 4.13. The number of fused-ring (bicyclic) bond motifs is 1. The summed E-state index contributed by atoms with van der Waals surface area (Å²) in [5, 5.41) is 3.85. The number of nitrogens with zero attached hydrogens (tertiary/aromatic N) is 5. The lowest BCUT2D eigenvalue weighted by Crippen LogP contribution is -2.16. The highest BCUT2D eigenvalue weighted by atomic mass is 32.1. The van der Waals surface area contributed by atoms with Crippen LogP contribution in [-0.4, -0.2) is 30.8 Å². The zero-order chi connectivity index (χ0) is 25.7. The first-order valence-corrected chi connectivity index (χ1v) is 13.0. The Morgan fingerprint density at radius 3 is 2.50 bits per heavy atom. The number of thiazole rings is 1. The van der Waals surface area contributed by atoms with Crippen LogP contribution in [0.3, 0.4) is 0 Å². The molecule has 0 bridgehead atoms. The lowest BCUT2D eigenvalue weighted by molar-refractivity contribution is 0.102. The van der Waals surface area contributed by atoms with Crippen molar-refractivity contribution in [3.05, 3.63) is 120 Å². The number of hydrogen-bond acceptors (Lipinski definition) is 7. The molecular formula is C30H22N6OS. The summed E-state index contributed by atoms with van der Waals surface area (Å²) >= 11 is 1.49. The van der Waals surface area contributed by atoms with E-state index >= 15 is 0 Å². The van der Waals surface area contributed by atoms with Gasteiger partial charge in [0.2, 0.25) is 0 Å². The van der Waals surface area contributed by atoms with Gasteiger partial charge in [-0.1, -0.05) is 59.9 Å². The van der Waals surface area contributed by atoms with E-state index in [1.807, 2.05) is 85.1 Å². The molecule has 1 N–H and O–H groups in total. The second-order valence-corrected chi connectivity index (χ2v) is 9.62. The summed E-state index contributed by atoms with van der Waals surface area (Å²) in [6.07, 6.45) is 6.77. The van der Waals surface area contributed by atoms with E-state index in [1.165, 1.54) is 11.3 Å². The number of nitrogens with one attached hydrogen (secondary N) is 1. The first-order valence-electron chi connectivity index (χ1n) is 12.2. The topological polar surface area (TPSA) is 93.6 Å². The summed E-state index contributed by atoms with van der Waals surface area (Å²) in [6.45, 7) is 0. The van der Waals surface area contributed by atoms with Crippen LogP contribution in [0.5, 0.6) is 0 Å². The van der Waals surface area contributed by atoms with Crippen molar-refractivity contribution in [2.45, 2.75) is 12.8 Å². The molecule has 7 nitrogen and oxygen atoms in total. The van der Waals surface area contributed by atoms with Crippen molar-refractivity contribution < 1.29 is 4.79 Å². The van der Waals surface area contributed by atoms with Gasteiger partial charge in [0.15, 0.2) is 5.82 Å². The molecule has 0 aliphatic heterocycles. The van der Waals surface area contributed by atoms with Gasteiger partial charge >= 0.3 is 0 Å². The zero-order valence-electron chi connectivity index (χ0n) is 20.3. The van der Waals surface area contributed by atoms with Crippen LogP contribution in [0.2, 0.25) is 0 Å². The van der Waals surface area contributed by atoms with Gasteiger partial charge in [0.1, 0.15) is 21.0 Å². The summed E-state index contributed by atoms with van der Waals surface area (Å²) in [4.78, 5) is 37.1. The number of amides is 1. The van der Waals surface area contributed by atoms with Crippen LogP contribution in [0, 0.1) is 0 Å². The number of anilines is 1. The highest BCUT2D eigenvalue weighted by Gasteiger charge is 2.17. The zero-order valence-corrected chi connectivity index (χ0v) is 21.1. The highest BCUT2D eigenvalue weighted by molar-refractivity contribution is 7.21. The smallest absolute Gasteiger partial charge is 0.274 e. The normalized spacial score (nSPS) is 10.9. The maximum Gasteiger partial charge on any atom is 0.274 e. The Morgan fingerprint density at radius 2 is 1.66 bits per heavy atom. The number of carbonyl (C=O) groups excluding carboxylic acids is 1. The molecule has 0 aliphatic carbocycles. The molecule has 4 heterocycles. The Labute approximate surface area is 223 Å². The second kappa shape index (κ2) is 10.7. The molecule has 4 aromatic heterocycles. The van der Waals surface area contributed by atoms with Crippen LogP contribution in [0.4, 0.5) is 5.69 Å². The molecule has 1 amide bonds. The number of rotatable bonds is 7. The van der Waals surface area contributed by atoms with E-state index in [2.05, 4.69) is 20.3 Å². The summed E-state index contributed by atoms with van der Waals surface area (Å²) in [5.74, 6) is 0.212. The maximum atomic E-state index is 13.5. The third-order valence-electron chi connectivity index (χ3n) is 6.01. The Balaban J connectivity index is 1.32. The first kappa shape index (κ1) is 23.6. The first-order chi connectivity index (χ1) is 18.7. The summed E-state index contributed by atoms with van der Waals surface area (Å²) < 4.78 is 0.